The van der Waals surface area contributed by atoms with Gasteiger partial charge in [0.25, 0.3) is 0 Å². The monoisotopic (exact) mass is 198 g/mol. The molecule has 2 saturated heterocycles. The number of carbonyl (C=O) groups excluding carboxylic acids is 2. The maximum absolute atomic E-state index is 11.3. The number of rotatable bonds is 1. The molecule has 2 heterocycles. The number of amides is 2. The van der Waals surface area contributed by atoms with Gasteiger partial charge in [-0.1, -0.05) is 0 Å². The number of hydrogen-bond donors (Lipinski definition) is 2. The van der Waals surface area contributed by atoms with E-state index in [-0.39, 0.29) is 18.4 Å². The van der Waals surface area contributed by atoms with Gasteiger partial charge in [0, 0.05) is 6.54 Å². The lowest BCUT2D eigenvalue weighted by Gasteiger charge is -2.26. The molecule has 76 valence electrons. The lowest BCUT2D eigenvalue weighted by atomic mass is 10.1. The summed E-state index contributed by atoms with van der Waals surface area (Å²) in [5, 5.41) is 11.0. The maximum Gasteiger partial charge on any atom is 0.307 e. The number of aliphatic carboxylic acids is 1. The van der Waals surface area contributed by atoms with Crippen molar-refractivity contribution < 1.29 is 19.5 Å². The molecule has 2 atom stereocenters. The summed E-state index contributed by atoms with van der Waals surface area (Å²) in [4.78, 5) is 34.6. The van der Waals surface area contributed by atoms with Crippen molar-refractivity contribution in [3.63, 3.8) is 0 Å². The second kappa shape index (κ2) is 3.06. The molecule has 0 bridgehead atoms. The summed E-state index contributed by atoms with van der Waals surface area (Å²) in [6.07, 6.45) is 0.300. The van der Waals surface area contributed by atoms with Crippen LogP contribution in [0.4, 0.5) is 0 Å². The Hall–Kier alpha value is -1.43. The van der Waals surface area contributed by atoms with E-state index in [1.807, 2.05) is 0 Å². The van der Waals surface area contributed by atoms with Gasteiger partial charge in [0.1, 0.15) is 0 Å². The fraction of sp³-hybridized carbons (Fsp3) is 0.625. The fourth-order valence-corrected chi connectivity index (χ4v) is 1.97. The van der Waals surface area contributed by atoms with Crippen LogP contribution in [0.25, 0.3) is 0 Å². The van der Waals surface area contributed by atoms with Crippen molar-refractivity contribution in [2.75, 3.05) is 13.1 Å². The molecule has 2 unspecified atom stereocenters. The maximum atomic E-state index is 11.3. The quantitative estimate of drug-likeness (QED) is 0.496. The number of piperazine rings is 1. The van der Waals surface area contributed by atoms with Crippen molar-refractivity contribution >= 4 is 17.8 Å². The highest BCUT2D eigenvalue weighted by atomic mass is 16.4. The highest BCUT2D eigenvalue weighted by Crippen LogP contribution is 2.24. The van der Waals surface area contributed by atoms with Gasteiger partial charge in [-0.05, 0) is 6.42 Å². The number of fused-ring (bicyclic) bond motifs is 1. The average molecular weight is 198 g/mol. The number of carboxylic acid groups (broad SMARTS) is 1. The zero-order valence-electron chi connectivity index (χ0n) is 7.40. The van der Waals surface area contributed by atoms with Crippen LogP contribution < -0.4 is 5.32 Å². The Balaban J connectivity index is 2.13. The molecule has 2 aliphatic rings. The van der Waals surface area contributed by atoms with Crippen LogP contribution in [-0.2, 0) is 14.4 Å². The van der Waals surface area contributed by atoms with Gasteiger partial charge in [-0.2, -0.15) is 0 Å². The van der Waals surface area contributed by atoms with Crippen LogP contribution >= 0.6 is 0 Å². The van der Waals surface area contributed by atoms with Gasteiger partial charge in [0.05, 0.1) is 18.5 Å². The second-order valence-corrected chi connectivity index (χ2v) is 3.63. The van der Waals surface area contributed by atoms with Crippen LogP contribution in [0.1, 0.15) is 6.42 Å². The van der Waals surface area contributed by atoms with E-state index in [4.69, 9.17) is 5.11 Å². The van der Waals surface area contributed by atoms with Gasteiger partial charge < -0.3 is 5.11 Å². The SMILES string of the molecule is O=C1CN2CC(C(=O)O)CC2C(=O)N1. The fourth-order valence-electron chi connectivity index (χ4n) is 1.97. The zero-order chi connectivity index (χ0) is 10.3. The van der Waals surface area contributed by atoms with Crippen LogP contribution in [0.3, 0.4) is 0 Å². The summed E-state index contributed by atoms with van der Waals surface area (Å²) in [5.74, 6) is -2.15. The van der Waals surface area contributed by atoms with E-state index in [0.717, 1.165) is 0 Å². The standard InChI is InChI=1S/C8H10N2O4/c11-6-3-10-2-4(8(13)14)1-5(10)7(12)9-6/h4-5H,1-3H2,(H,13,14)(H,9,11,12). The first-order valence-electron chi connectivity index (χ1n) is 4.38. The summed E-state index contributed by atoms with van der Waals surface area (Å²) in [7, 11) is 0. The Bertz CT molecular complexity index is 314. The number of imide groups is 1. The Morgan fingerprint density at radius 1 is 1.50 bits per heavy atom. The Labute approximate surface area is 79.9 Å². The molecule has 0 saturated carbocycles. The molecule has 0 aliphatic carbocycles. The van der Waals surface area contributed by atoms with Gasteiger partial charge in [-0.3, -0.25) is 24.6 Å². The third-order valence-corrected chi connectivity index (χ3v) is 2.66. The highest BCUT2D eigenvalue weighted by molar-refractivity contribution is 6.01. The number of carbonyl (C=O) groups is 3. The summed E-state index contributed by atoms with van der Waals surface area (Å²) in [6, 6.07) is -0.436. The molecule has 2 amide bonds. The topological polar surface area (TPSA) is 86.7 Å². The number of nitrogens with zero attached hydrogens (tertiary/aromatic N) is 1. The van der Waals surface area contributed by atoms with Gasteiger partial charge in [-0.25, -0.2) is 0 Å². The molecule has 2 aliphatic heterocycles. The summed E-state index contributed by atoms with van der Waals surface area (Å²) >= 11 is 0. The van der Waals surface area contributed by atoms with Gasteiger partial charge in [0.15, 0.2) is 0 Å². The van der Waals surface area contributed by atoms with Crippen LogP contribution in [0, 0.1) is 5.92 Å². The zero-order valence-corrected chi connectivity index (χ0v) is 7.40. The molecule has 6 nitrogen and oxygen atoms in total. The summed E-state index contributed by atoms with van der Waals surface area (Å²) < 4.78 is 0. The van der Waals surface area contributed by atoms with Crippen molar-refractivity contribution in [1.82, 2.24) is 10.2 Å². The molecule has 6 heteroatoms. The van der Waals surface area contributed by atoms with Crippen molar-refractivity contribution in [2.45, 2.75) is 12.5 Å². The Kier molecular flexibility index (Phi) is 1.99. The lowest BCUT2D eigenvalue weighted by molar-refractivity contribution is -0.141. The summed E-state index contributed by atoms with van der Waals surface area (Å²) in [6.45, 7) is 0.416. The van der Waals surface area contributed by atoms with E-state index in [0.29, 0.717) is 13.0 Å². The molecule has 0 radical (unpaired) electrons. The molecular formula is C8H10N2O4. The van der Waals surface area contributed by atoms with Gasteiger partial charge in [-0.15, -0.1) is 0 Å². The molecule has 0 aromatic rings. The Morgan fingerprint density at radius 3 is 2.86 bits per heavy atom. The van der Waals surface area contributed by atoms with Crippen LogP contribution in [0.15, 0.2) is 0 Å². The molecule has 2 fully saturated rings. The Morgan fingerprint density at radius 2 is 2.21 bits per heavy atom. The van der Waals surface area contributed by atoms with Gasteiger partial charge in [0.2, 0.25) is 11.8 Å². The second-order valence-electron chi connectivity index (χ2n) is 3.63. The molecule has 0 aromatic heterocycles. The molecule has 0 spiro atoms. The number of hydrogen-bond acceptors (Lipinski definition) is 4. The van der Waals surface area contributed by atoms with E-state index in [1.165, 1.54) is 0 Å². The van der Waals surface area contributed by atoms with Crippen LogP contribution in [0.5, 0.6) is 0 Å². The molecule has 0 aromatic carbocycles. The molecule has 2 rings (SSSR count). The van der Waals surface area contributed by atoms with Crippen LogP contribution in [-0.4, -0.2) is 46.9 Å². The molecular weight excluding hydrogens is 188 g/mol. The molecule has 14 heavy (non-hydrogen) atoms. The largest absolute Gasteiger partial charge is 0.481 e. The average Bonchev–Trinajstić information content (AvgIpc) is 2.47. The van der Waals surface area contributed by atoms with E-state index in [9.17, 15) is 14.4 Å². The van der Waals surface area contributed by atoms with E-state index < -0.39 is 17.9 Å². The number of nitrogens with one attached hydrogen (secondary N) is 1. The lowest BCUT2D eigenvalue weighted by Crippen LogP contribution is -2.55. The normalized spacial score (nSPS) is 32.6. The first kappa shape index (κ1) is 9.14. The first-order valence-corrected chi connectivity index (χ1v) is 4.38. The molecule has 2 N–H and O–H groups in total. The smallest absolute Gasteiger partial charge is 0.307 e. The predicted molar refractivity (Wildman–Crippen MR) is 44.3 cm³/mol. The summed E-state index contributed by atoms with van der Waals surface area (Å²) in [5.41, 5.74) is 0. The van der Waals surface area contributed by atoms with Crippen molar-refractivity contribution in [3.05, 3.63) is 0 Å². The van der Waals surface area contributed by atoms with E-state index >= 15 is 0 Å². The van der Waals surface area contributed by atoms with Crippen molar-refractivity contribution in [2.24, 2.45) is 5.92 Å². The number of carboxylic acids is 1. The predicted octanol–water partition coefficient (Wildman–Crippen LogP) is -1.58. The van der Waals surface area contributed by atoms with Gasteiger partial charge >= 0.3 is 5.97 Å². The van der Waals surface area contributed by atoms with E-state index in [1.54, 1.807) is 4.90 Å². The third kappa shape index (κ3) is 1.37. The van der Waals surface area contributed by atoms with Crippen molar-refractivity contribution in [3.8, 4) is 0 Å². The first-order chi connectivity index (χ1) is 6.58. The minimum Gasteiger partial charge on any atom is -0.481 e. The van der Waals surface area contributed by atoms with Crippen LogP contribution in [0.2, 0.25) is 0 Å². The van der Waals surface area contributed by atoms with Crippen molar-refractivity contribution in [1.29, 1.82) is 0 Å². The minimum atomic E-state index is -0.903. The van der Waals surface area contributed by atoms with E-state index in [2.05, 4.69) is 5.32 Å². The third-order valence-electron chi connectivity index (χ3n) is 2.66. The highest BCUT2D eigenvalue weighted by Gasteiger charge is 2.43. The minimum absolute atomic E-state index is 0.125.